The Hall–Kier alpha value is 0.966. The minimum absolute atomic E-state index is 0. The van der Waals surface area contributed by atoms with E-state index in [0.717, 1.165) is 0 Å². The van der Waals surface area contributed by atoms with Crippen molar-refractivity contribution in [3.05, 3.63) is 42.5 Å². The van der Waals surface area contributed by atoms with Crippen molar-refractivity contribution in [3.63, 3.8) is 0 Å². The van der Waals surface area contributed by atoms with Gasteiger partial charge in [-0.2, -0.15) is 0 Å². The van der Waals surface area contributed by atoms with E-state index in [1.165, 1.54) is 12.8 Å². The molecule has 0 N–H and O–H groups in total. The number of allylic oxidation sites excluding steroid dienone is 8. The van der Waals surface area contributed by atoms with Crippen LogP contribution in [0, 0.1) is 5.41 Å². The molecule has 0 atom stereocenters. The topological polar surface area (TPSA) is 0 Å². The van der Waals surface area contributed by atoms with E-state index in [1.54, 1.807) is 5.57 Å². The Labute approximate surface area is 146 Å². The largest absolute Gasteiger partial charge is 1.00 e. The average molecular weight is 452 g/mol. The quantitative estimate of drug-likeness (QED) is 0.468. The summed E-state index contributed by atoms with van der Waals surface area (Å²) >= 11 is -1.42. The van der Waals surface area contributed by atoms with Gasteiger partial charge in [0.1, 0.15) is 0 Å². The summed E-state index contributed by atoms with van der Waals surface area (Å²) in [6.07, 6.45) is 14.5. The molecule has 0 nitrogen and oxygen atoms in total. The molecule has 2 aliphatic carbocycles. The average Bonchev–Trinajstić information content (AvgIpc) is 2.86. The van der Waals surface area contributed by atoms with Crippen molar-refractivity contribution in [2.24, 2.45) is 5.41 Å². The Morgan fingerprint density at radius 3 is 2.15 bits per heavy atom. The summed E-state index contributed by atoms with van der Waals surface area (Å²) in [5.74, 6) is 5.26. The molecule has 0 saturated heterocycles. The van der Waals surface area contributed by atoms with Crippen LogP contribution in [0.5, 0.6) is 0 Å². The van der Waals surface area contributed by atoms with E-state index >= 15 is 0 Å². The SMILES string of the molecule is [CH3][GeH]([CH3])[Zr+2]([C]1=CC=CC1)[C]1=C(C(C)(C)C)C=CC1.[Cl-].[Cl-]. The standard InChI is InChI=1S/C9H13.C5H5.C2H7Ge.2ClH.Zr/c1-9(2,3)8-6-4-5-7-8;1-2-4-5-3-1;1-3-2;;;/h4,6H,5H2,1-3H3;1-3H,4H2;3H,1-2H3;2*1H;/q;;;;;+2/p-2. The molecule has 2 rings (SSSR count). The molecule has 0 unspecified atom stereocenters. The molecule has 0 bridgehead atoms. The molecule has 20 heavy (non-hydrogen) atoms. The summed E-state index contributed by atoms with van der Waals surface area (Å²) in [4.78, 5) is 0. The Morgan fingerprint density at radius 1 is 1.05 bits per heavy atom. The van der Waals surface area contributed by atoms with E-state index in [-0.39, 0.29) is 24.8 Å². The molecule has 0 spiro atoms. The molecular weight excluding hydrogens is 427 g/mol. The van der Waals surface area contributed by atoms with E-state index < -0.39 is 29.8 Å². The van der Waals surface area contributed by atoms with Crippen LogP contribution in [0.2, 0.25) is 11.5 Å². The smallest absolute Gasteiger partial charge is 1.00 e. The Morgan fingerprint density at radius 2 is 1.70 bits per heavy atom. The summed E-state index contributed by atoms with van der Waals surface area (Å²) in [5.41, 5.74) is 2.04. The first-order valence-electron chi connectivity index (χ1n) is 7.04. The van der Waals surface area contributed by atoms with Gasteiger partial charge in [0.15, 0.2) is 0 Å². The van der Waals surface area contributed by atoms with E-state index in [4.69, 9.17) is 0 Å². The fourth-order valence-electron chi connectivity index (χ4n) is 3.02. The van der Waals surface area contributed by atoms with Crippen molar-refractivity contribution in [1.82, 2.24) is 0 Å². The molecule has 0 fully saturated rings. The van der Waals surface area contributed by atoms with Gasteiger partial charge in [0.05, 0.1) is 0 Å². The third-order valence-electron chi connectivity index (χ3n) is 3.76. The van der Waals surface area contributed by atoms with Gasteiger partial charge in [0.25, 0.3) is 0 Å². The zero-order valence-electron chi connectivity index (χ0n) is 13.1. The number of hydrogen-bond donors (Lipinski definition) is 0. The Kier molecular flexibility index (Phi) is 8.97. The predicted molar refractivity (Wildman–Crippen MR) is 81.0 cm³/mol. The second kappa shape index (κ2) is 8.56. The van der Waals surface area contributed by atoms with Crippen molar-refractivity contribution in [2.75, 3.05) is 0 Å². The van der Waals surface area contributed by atoms with Gasteiger partial charge >= 0.3 is 123 Å². The molecule has 2 aliphatic rings. The minimum atomic E-state index is -1.42. The number of halogens is 2. The molecule has 0 aliphatic heterocycles. The van der Waals surface area contributed by atoms with Crippen LogP contribution in [-0.2, 0) is 19.2 Å². The molecule has 111 valence electrons. The summed E-state index contributed by atoms with van der Waals surface area (Å²) in [5, 5.41) is 0. The zero-order chi connectivity index (χ0) is 13.3. The Bertz CT molecular complexity index is 454. The molecule has 4 heteroatoms. The molecule has 0 amide bonds. The van der Waals surface area contributed by atoms with Gasteiger partial charge in [0.2, 0.25) is 0 Å². The number of rotatable bonds is 3. The molecule has 0 saturated carbocycles. The minimum Gasteiger partial charge on any atom is -1.00 e. The first-order chi connectivity index (χ1) is 8.41. The normalized spacial score (nSPS) is 17.2. The van der Waals surface area contributed by atoms with Crippen molar-refractivity contribution < 1.29 is 44.1 Å². The van der Waals surface area contributed by atoms with Crippen molar-refractivity contribution in [3.8, 4) is 0 Å². The predicted octanol–water partition coefficient (Wildman–Crippen LogP) is -1.30. The zero-order valence-corrected chi connectivity index (χ0v) is 19.5. The van der Waals surface area contributed by atoms with E-state index in [1.807, 2.05) is 6.56 Å². The molecule has 0 aromatic carbocycles. The molecular formula is C16H25Cl2GeZr. The van der Waals surface area contributed by atoms with Crippen molar-refractivity contribution >= 4 is 10.6 Å². The van der Waals surface area contributed by atoms with E-state index in [2.05, 4.69) is 62.7 Å². The van der Waals surface area contributed by atoms with Gasteiger partial charge in [-0.25, -0.2) is 0 Å². The van der Waals surface area contributed by atoms with E-state index in [0.29, 0.717) is 5.41 Å². The maximum atomic E-state index is 2.63. The van der Waals surface area contributed by atoms with Crippen LogP contribution in [0.3, 0.4) is 0 Å². The first-order valence-corrected chi connectivity index (χ1v) is 22.9. The second-order valence-corrected chi connectivity index (χ2v) is 38.5. The van der Waals surface area contributed by atoms with Gasteiger partial charge in [-0.3, -0.25) is 0 Å². The fourth-order valence-corrected chi connectivity index (χ4v) is 35.6. The van der Waals surface area contributed by atoms with Crippen LogP contribution >= 0.6 is 0 Å². The Balaban J connectivity index is 0.00000180. The van der Waals surface area contributed by atoms with Gasteiger partial charge in [0, 0.05) is 0 Å². The third kappa shape index (κ3) is 4.73. The van der Waals surface area contributed by atoms with Crippen LogP contribution in [0.4, 0.5) is 0 Å². The van der Waals surface area contributed by atoms with Gasteiger partial charge < -0.3 is 24.8 Å². The van der Waals surface area contributed by atoms with Gasteiger partial charge in [-0.05, 0) is 0 Å². The molecule has 0 radical (unpaired) electrons. The summed E-state index contributed by atoms with van der Waals surface area (Å²) in [6, 6.07) is 0. The summed E-state index contributed by atoms with van der Waals surface area (Å²) < 4.78 is 3.82. The van der Waals surface area contributed by atoms with Gasteiger partial charge in [-0.1, -0.05) is 0 Å². The maximum Gasteiger partial charge on any atom is -1.00 e. The van der Waals surface area contributed by atoms with Crippen LogP contribution in [0.25, 0.3) is 0 Å². The maximum absolute atomic E-state index is 2.63. The van der Waals surface area contributed by atoms with Crippen LogP contribution in [-0.4, -0.2) is 10.6 Å². The van der Waals surface area contributed by atoms with Crippen molar-refractivity contribution in [2.45, 2.75) is 45.1 Å². The van der Waals surface area contributed by atoms with Crippen molar-refractivity contribution in [1.29, 1.82) is 0 Å². The third-order valence-corrected chi connectivity index (χ3v) is 35.2. The number of hydrogen-bond acceptors (Lipinski definition) is 0. The summed E-state index contributed by atoms with van der Waals surface area (Å²) in [7, 11) is -0.999. The molecule has 0 aromatic heterocycles. The molecule has 0 heterocycles. The van der Waals surface area contributed by atoms with Gasteiger partial charge in [-0.15, -0.1) is 0 Å². The summed E-state index contributed by atoms with van der Waals surface area (Å²) in [6.45, 7) is 7.15. The van der Waals surface area contributed by atoms with Crippen LogP contribution < -0.4 is 24.8 Å². The monoisotopic (exact) mass is 451 g/mol. The molecule has 0 aromatic rings. The van der Waals surface area contributed by atoms with E-state index in [9.17, 15) is 0 Å². The second-order valence-electron chi connectivity index (χ2n) is 6.64. The van der Waals surface area contributed by atoms with Crippen LogP contribution in [0.1, 0.15) is 33.6 Å². The first kappa shape index (κ1) is 21.0. The fraction of sp³-hybridized carbons (Fsp3) is 0.500. The van der Waals surface area contributed by atoms with Crippen LogP contribution in [0.15, 0.2) is 42.5 Å².